The first-order chi connectivity index (χ1) is 12.0. The van der Waals surface area contributed by atoms with E-state index in [1.54, 1.807) is 18.2 Å². The molecule has 1 aromatic heterocycles. The van der Waals surface area contributed by atoms with Crippen molar-refractivity contribution in [3.8, 4) is 5.75 Å². The molecule has 5 heteroatoms. The molecule has 1 amide bonds. The normalized spacial score (nSPS) is 10.7. The molecule has 0 saturated carbocycles. The molecule has 0 radical (unpaired) electrons. The molecule has 3 aromatic rings. The maximum Gasteiger partial charge on any atom is 0.337 e. The van der Waals surface area contributed by atoms with Gasteiger partial charge in [-0.3, -0.25) is 4.79 Å². The van der Waals surface area contributed by atoms with Crippen LogP contribution in [0.2, 0.25) is 0 Å². The first-order valence-corrected chi connectivity index (χ1v) is 8.08. The zero-order valence-electron chi connectivity index (χ0n) is 14.4. The van der Waals surface area contributed by atoms with Gasteiger partial charge in [-0.15, -0.1) is 0 Å². The second-order valence-corrected chi connectivity index (χ2v) is 5.79. The van der Waals surface area contributed by atoms with Crippen LogP contribution in [0.4, 0.5) is 5.69 Å². The summed E-state index contributed by atoms with van der Waals surface area (Å²) in [6.45, 7) is 6.22. The fraction of sp³-hybridized carbons (Fsp3) is 0.200. The van der Waals surface area contributed by atoms with Crippen LogP contribution in [0.15, 0.2) is 51.7 Å². The van der Waals surface area contributed by atoms with Crippen LogP contribution in [0.25, 0.3) is 11.0 Å². The van der Waals surface area contributed by atoms with Crippen LogP contribution in [0, 0.1) is 13.8 Å². The Balaban J connectivity index is 2.05. The smallest absolute Gasteiger partial charge is 0.337 e. The molecule has 1 heterocycles. The maximum absolute atomic E-state index is 12.8. The van der Waals surface area contributed by atoms with E-state index in [9.17, 15) is 9.59 Å². The molecule has 0 bridgehead atoms. The van der Waals surface area contributed by atoms with E-state index in [0.717, 1.165) is 16.8 Å². The van der Waals surface area contributed by atoms with E-state index in [2.05, 4.69) is 5.32 Å². The number of aryl methyl sites for hydroxylation is 2. The first-order valence-electron chi connectivity index (χ1n) is 8.08. The van der Waals surface area contributed by atoms with Gasteiger partial charge in [-0.25, -0.2) is 4.79 Å². The van der Waals surface area contributed by atoms with Gasteiger partial charge in [0.1, 0.15) is 11.3 Å². The Labute approximate surface area is 145 Å². The molecule has 0 unspecified atom stereocenters. The summed E-state index contributed by atoms with van der Waals surface area (Å²) in [6, 6.07) is 12.1. The Morgan fingerprint density at radius 2 is 1.84 bits per heavy atom. The largest absolute Gasteiger partial charge is 0.494 e. The summed E-state index contributed by atoms with van der Waals surface area (Å²) in [6.07, 6.45) is 0. The van der Waals surface area contributed by atoms with Gasteiger partial charge in [-0.2, -0.15) is 0 Å². The highest BCUT2D eigenvalue weighted by Crippen LogP contribution is 2.25. The minimum atomic E-state index is -0.576. The molecule has 0 spiro atoms. The SMILES string of the molecule is CCOc1ccc2c(C(=O)Nc3c(C)cccc3C)cc(=O)oc2c1. The second-order valence-electron chi connectivity index (χ2n) is 5.79. The standard InChI is InChI=1S/C20H19NO4/c1-4-24-14-8-9-15-16(11-18(22)25-17(15)10-14)20(23)21-19-12(2)6-5-7-13(19)3/h5-11H,4H2,1-3H3,(H,21,23). The van der Waals surface area contributed by atoms with Crippen LogP contribution in [0.3, 0.4) is 0 Å². The molecular weight excluding hydrogens is 318 g/mol. The molecule has 5 nitrogen and oxygen atoms in total. The van der Waals surface area contributed by atoms with Crippen molar-refractivity contribution in [2.24, 2.45) is 0 Å². The van der Waals surface area contributed by atoms with Crippen LogP contribution < -0.4 is 15.7 Å². The molecular formula is C20H19NO4. The zero-order valence-corrected chi connectivity index (χ0v) is 14.4. The van der Waals surface area contributed by atoms with E-state index >= 15 is 0 Å². The van der Waals surface area contributed by atoms with Gasteiger partial charge in [-0.1, -0.05) is 18.2 Å². The lowest BCUT2D eigenvalue weighted by molar-refractivity contribution is 0.102. The van der Waals surface area contributed by atoms with Crippen molar-refractivity contribution in [1.82, 2.24) is 0 Å². The minimum absolute atomic E-state index is 0.275. The van der Waals surface area contributed by atoms with Crippen molar-refractivity contribution < 1.29 is 13.9 Å². The van der Waals surface area contributed by atoms with E-state index in [0.29, 0.717) is 23.3 Å². The predicted molar refractivity (Wildman–Crippen MR) is 97.5 cm³/mol. The average Bonchev–Trinajstić information content (AvgIpc) is 2.57. The fourth-order valence-corrected chi connectivity index (χ4v) is 2.78. The number of carbonyl (C=O) groups is 1. The van der Waals surface area contributed by atoms with Gasteiger partial charge in [0.15, 0.2) is 0 Å². The summed E-state index contributed by atoms with van der Waals surface area (Å²) in [4.78, 5) is 24.6. The van der Waals surface area contributed by atoms with E-state index in [4.69, 9.17) is 9.15 Å². The Kier molecular flexibility index (Phi) is 4.57. The van der Waals surface area contributed by atoms with Gasteiger partial charge in [-0.05, 0) is 44.0 Å². The highest BCUT2D eigenvalue weighted by atomic mass is 16.5. The number of anilines is 1. The number of nitrogens with one attached hydrogen (secondary N) is 1. The maximum atomic E-state index is 12.8. The topological polar surface area (TPSA) is 68.5 Å². The molecule has 128 valence electrons. The Morgan fingerprint density at radius 3 is 2.52 bits per heavy atom. The Hall–Kier alpha value is -3.08. The predicted octanol–water partition coefficient (Wildman–Crippen LogP) is 4.06. The van der Waals surface area contributed by atoms with Gasteiger partial charge < -0.3 is 14.5 Å². The molecule has 0 aliphatic carbocycles. The Morgan fingerprint density at radius 1 is 1.12 bits per heavy atom. The number of benzene rings is 2. The van der Waals surface area contributed by atoms with Crippen LogP contribution in [0.1, 0.15) is 28.4 Å². The number of carbonyl (C=O) groups excluding carboxylic acids is 1. The first kappa shape index (κ1) is 16.8. The van der Waals surface area contributed by atoms with Crippen molar-refractivity contribution in [2.75, 3.05) is 11.9 Å². The monoisotopic (exact) mass is 337 g/mol. The van der Waals surface area contributed by atoms with Crippen LogP contribution >= 0.6 is 0 Å². The lowest BCUT2D eigenvalue weighted by Crippen LogP contribution is -2.16. The number of para-hydroxylation sites is 1. The van der Waals surface area contributed by atoms with Crippen LogP contribution in [0.5, 0.6) is 5.75 Å². The van der Waals surface area contributed by atoms with Crippen molar-refractivity contribution in [3.63, 3.8) is 0 Å². The summed E-state index contributed by atoms with van der Waals surface area (Å²) in [5.74, 6) is 0.241. The molecule has 25 heavy (non-hydrogen) atoms. The van der Waals surface area contributed by atoms with E-state index in [-0.39, 0.29) is 11.5 Å². The van der Waals surface area contributed by atoms with Crippen molar-refractivity contribution >= 4 is 22.6 Å². The third-order valence-corrected chi connectivity index (χ3v) is 3.99. The van der Waals surface area contributed by atoms with Gasteiger partial charge >= 0.3 is 5.63 Å². The molecule has 2 aromatic carbocycles. The Bertz CT molecular complexity index is 984. The fourth-order valence-electron chi connectivity index (χ4n) is 2.78. The third kappa shape index (κ3) is 3.40. The van der Waals surface area contributed by atoms with Crippen LogP contribution in [-0.4, -0.2) is 12.5 Å². The molecule has 0 fully saturated rings. The lowest BCUT2D eigenvalue weighted by atomic mass is 10.1. The lowest BCUT2D eigenvalue weighted by Gasteiger charge is -2.12. The van der Waals surface area contributed by atoms with E-state index < -0.39 is 5.63 Å². The molecule has 0 atom stereocenters. The second kappa shape index (κ2) is 6.81. The molecule has 3 rings (SSSR count). The van der Waals surface area contributed by atoms with Crippen LogP contribution in [-0.2, 0) is 0 Å². The summed E-state index contributed by atoms with van der Waals surface area (Å²) in [5, 5.41) is 3.47. The number of ether oxygens (including phenoxy) is 1. The molecule has 0 aliphatic rings. The summed E-state index contributed by atoms with van der Waals surface area (Å²) >= 11 is 0. The van der Waals surface area contributed by atoms with Crippen molar-refractivity contribution in [1.29, 1.82) is 0 Å². The molecule has 1 N–H and O–H groups in total. The highest BCUT2D eigenvalue weighted by molar-refractivity contribution is 6.12. The van der Waals surface area contributed by atoms with Gasteiger partial charge in [0, 0.05) is 23.2 Å². The number of rotatable bonds is 4. The van der Waals surface area contributed by atoms with Crippen molar-refractivity contribution in [2.45, 2.75) is 20.8 Å². The minimum Gasteiger partial charge on any atom is -0.494 e. The van der Waals surface area contributed by atoms with Gasteiger partial charge in [0.25, 0.3) is 5.91 Å². The summed E-state index contributed by atoms with van der Waals surface area (Å²) in [5.41, 5.74) is 2.69. The summed E-state index contributed by atoms with van der Waals surface area (Å²) < 4.78 is 10.6. The summed E-state index contributed by atoms with van der Waals surface area (Å²) in [7, 11) is 0. The zero-order chi connectivity index (χ0) is 18.0. The van der Waals surface area contributed by atoms with E-state index in [1.807, 2.05) is 39.0 Å². The third-order valence-electron chi connectivity index (χ3n) is 3.99. The van der Waals surface area contributed by atoms with Gasteiger partial charge in [0.05, 0.1) is 12.2 Å². The number of hydrogen-bond acceptors (Lipinski definition) is 4. The van der Waals surface area contributed by atoms with Crippen molar-refractivity contribution in [3.05, 3.63) is 69.6 Å². The number of fused-ring (bicyclic) bond motifs is 1. The number of amides is 1. The number of hydrogen-bond donors (Lipinski definition) is 1. The average molecular weight is 337 g/mol. The highest BCUT2D eigenvalue weighted by Gasteiger charge is 2.15. The van der Waals surface area contributed by atoms with Gasteiger partial charge in [0.2, 0.25) is 0 Å². The molecule has 0 aliphatic heterocycles. The quantitative estimate of drug-likeness (QED) is 0.729. The molecule has 0 saturated heterocycles. The van der Waals surface area contributed by atoms with E-state index in [1.165, 1.54) is 6.07 Å².